The first kappa shape index (κ1) is 15.7. The summed E-state index contributed by atoms with van der Waals surface area (Å²) in [6, 6.07) is 0. The van der Waals surface area contributed by atoms with Gasteiger partial charge >= 0.3 is 0 Å². The molecular formula is C10H20ClNO3S. The molecule has 0 aromatic rings. The van der Waals surface area contributed by atoms with E-state index < -0.39 is 21.5 Å². The molecule has 1 amide bonds. The number of carbonyl (C=O) groups excluding carboxylic acids is 1. The van der Waals surface area contributed by atoms with Gasteiger partial charge in [0.1, 0.15) is 5.75 Å². The van der Waals surface area contributed by atoms with Crippen molar-refractivity contribution in [3.63, 3.8) is 0 Å². The van der Waals surface area contributed by atoms with Crippen LogP contribution in [0.15, 0.2) is 0 Å². The van der Waals surface area contributed by atoms with Crippen LogP contribution in [-0.4, -0.2) is 38.3 Å². The second kappa shape index (κ2) is 7.12. The summed E-state index contributed by atoms with van der Waals surface area (Å²) >= 11 is 6.10. The second-order valence-electron chi connectivity index (χ2n) is 3.97. The molecule has 0 aliphatic heterocycles. The zero-order valence-corrected chi connectivity index (χ0v) is 11.6. The highest BCUT2D eigenvalue weighted by atomic mass is 35.5. The summed E-state index contributed by atoms with van der Waals surface area (Å²) in [5.74, 6) is -0.612. The van der Waals surface area contributed by atoms with E-state index in [0.717, 1.165) is 19.1 Å². The first-order chi connectivity index (χ1) is 7.30. The number of alkyl halides is 1. The Hall–Kier alpha value is -0.290. The lowest BCUT2D eigenvalue weighted by atomic mass is 9.99. The van der Waals surface area contributed by atoms with Crippen LogP contribution in [0.1, 0.15) is 26.7 Å². The van der Waals surface area contributed by atoms with Crippen molar-refractivity contribution in [3.8, 4) is 0 Å². The molecule has 4 nitrogen and oxygen atoms in total. The molecule has 0 saturated heterocycles. The highest BCUT2D eigenvalue weighted by Gasteiger charge is 2.17. The Morgan fingerprint density at radius 1 is 1.31 bits per heavy atom. The van der Waals surface area contributed by atoms with Crippen LogP contribution in [0.25, 0.3) is 0 Å². The van der Waals surface area contributed by atoms with E-state index in [2.05, 4.69) is 5.32 Å². The number of hydrogen-bond acceptors (Lipinski definition) is 3. The molecule has 0 fully saturated rings. The van der Waals surface area contributed by atoms with Crippen LogP contribution >= 0.6 is 11.6 Å². The van der Waals surface area contributed by atoms with E-state index in [0.29, 0.717) is 12.5 Å². The fourth-order valence-corrected chi connectivity index (χ4v) is 2.48. The summed E-state index contributed by atoms with van der Waals surface area (Å²) in [7, 11) is -3.26. The smallest absolute Gasteiger partial charge is 0.235 e. The molecule has 0 spiro atoms. The molecule has 1 unspecified atom stereocenters. The van der Waals surface area contributed by atoms with Crippen molar-refractivity contribution in [1.29, 1.82) is 0 Å². The Morgan fingerprint density at radius 2 is 1.81 bits per heavy atom. The molecule has 16 heavy (non-hydrogen) atoms. The molecule has 0 bridgehead atoms. The monoisotopic (exact) mass is 269 g/mol. The highest BCUT2D eigenvalue weighted by molar-refractivity contribution is 7.91. The van der Waals surface area contributed by atoms with Crippen LogP contribution in [0.4, 0.5) is 0 Å². The second-order valence-corrected chi connectivity index (χ2v) is 6.67. The number of halogens is 1. The lowest BCUT2D eigenvalue weighted by Gasteiger charge is -2.19. The number of nitrogens with one attached hydrogen (secondary N) is 1. The van der Waals surface area contributed by atoms with E-state index in [1.165, 1.54) is 0 Å². The van der Waals surface area contributed by atoms with Crippen molar-refractivity contribution in [3.05, 3.63) is 0 Å². The normalized spacial score (nSPS) is 13.8. The van der Waals surface area contributed by atoms with E-state index in [1.807, 2.05) is 13.8 Å². The third-order valence-corrected chi connectivity index (χ3v) is 3.74. The maximum Gasteiger partial charge on any atom is 0.235 e. The fourth-order valence-electron chi connectivity index (χ4n) is 1.47. The number of hydrogen-bond donors (Lipinski definition) is 1. The van der Waals surface area contributed by atoms with Gasteiger partial charge in [0.05, 0.1) is 5.38 Å². The largest absolute Gasteiger partial charge is 0.354 e. The minimum Gasteiger partial charge on any atom is -0.354 e. The van der Waals surface area contributed by atoms with Crippen molar-refractivity contribution in [2.75, 3.05) is 18.6 Å². The van der Waals surface area contributed by atoms with Gasteiger partial charge < -0.3 is 5.32 Å². The lowest BCUT2D eigenvalue weighted by molar-refractivity contribution is -0.118. The van der Waals surface area contributed by atoms with E-state index in [-0.39, 0.29) is 5.38 Å². The van der Waals surface area contributed by atoms with Gasteiger partial charge in [-0.2, -0.15) is 0 Å². The molecular weight excluding hydrogens is 250 g/mol. The first-order valence-electron chi connectivity index (χ1n) is 5.38. The summed E-state index contributed by atoms with van der Waals surface area (Å²) in [5, 5.41) is 2.40. The predicted octanol–water partition coefficient (Wildman–Crippen LogP) is 1.19. The standard InChI is InChI=1S/C10H20ClNO3S/c1-4-8(5-2)9(11)6-12-10(13)7-16(3,14)15/h8-9H,4-7H2,1-3H3,(H,12,13). The zero-order valence-electron chi connectivity index (χ0n) is 9.99. The molecule has 1 N–H and O–H groups in total. The molecule has 0 saturated carbocycles. The van der Waals surface area contributed by atoms with Gasteiger partial charge in [0.15, 0.2) is 9.84 Å². The molecule has 0 aromatic heterocycles. The maximum absolute atomic E-state index is 11.2. The van der Waals surface area contributed by atoms with Crippen molar-refractivity contribution < 1.29 is 13.2 Å². The first-order valence-corrected chi connectivity index (χ1v) is 7.88. The van der Waals surface area contributed by atoms with Crippen molar-refractivity contribution >= 4 is 27.3 Å². The van der Waals surface area contributed by atoms with Crippen molar-refractivity contribution in [1.82, 2.24) is 5.32 Å². The van der Waals surface area contributed by atoms with E-state index in [4.69, 9.17) is 11.6 Å². The van der Waals surface area contributed by atoms with Gasteiger partial charge in [-0.15, -0.1) is 11.6 Å². The molecule has 6 heteroatoms. The lowest BCUT2D eigenvalue weighted by Crippen LogP contribution is -2.36. The fraction of sp³-hybridized carbons (Fsp3) is 0.900. The van der Waals surface area contributed by atoms with Crippen molar-refractivity contribution in [2.45, 2.75) is 32.1 Å². The van der Waals surface area contributed by atoms with E-state index in [9.17, 15) is 13.2 Å². The Balaban J connectivity index is 4.01. The number of sulfone groups is 1. The van der Waals surface area contributed by atoms with Gasteiger partial charge in [0, 0.05) is 12.8 Å². The molecule has 1 atom stereocenters. The molecule has 0 rings (SSSR count). The Bertz CT molecular complexity index is 312. The quantitative estimate of drug-likeness (QED) is 0.706. The summed E-state index contributed by atoms with van der Waals surface area (Å²) in [6.45, 7) is 4.41. The average Bonchev–Trinajstić information content (AvgIpc) is 2.14. The number of carbonyl (C=O) groups is 1. The van der Waals surface area contributed by atoms with Gasteiger partial charge in [0.25, 0.3) is 0 Å². The third kappa shape index (κ3) is 7.06. The van der Waals surface area contributed by atoms with Gasteiger partial charge in [-0.1, -0.05) is 26.7 Å². The Labute approximate surface area is 103 Å². The Kier molecular flexibility index (Phi) is 6.99. The summed E-state index contributed by atoms with van der Waals surface area (Å²) in [6.07, 6.45) is 2.94. The van der Waals surface area contributed by atoms with Gasteiger partial charge in [-0.3, -0.25) is 4.79 Å². The van der Waals surface area contributed by atoms with Gasteiger partial charge in [0.2, 0.25) is 5.91 Å². The summed E-state index contributed by atoms with van der Waals surface area (Å²) in [5.41, 5.74) is 0. The van der Waals surface area contributed by atoms with Crippen LogP contribution in [0.5, 0.6) is 0 Å². The zero-order chi connectivity index (χ0) is 12.8. The summed E-state index contributed by atoms with van der Waals surface area (Å²) < 4.78 is 21.7. The maximum atomic E-state index is 11.2. The average molecular weight is 270 g/mol. The predicted molar refractivity (Wildman–Crippen MR) is 66.4 cm³/mol. The highest BCUT2D eigenvalue weighted by Crippen LogP contribution is 2.17. The van der Waals surface area contributed by atoms with E-state index >= 15 is 0 Å². The number of amides is 1. The minimum absolute atomic E-state index is 0.140. The van der Waals surface area contributed by atoms with E-state index in [1.54, 1.807) is 0 Å². The Morgan fingerprint density at radius 3 is 2.19 bits per heavy atom. The van der Waals surface area contributed by atoms with Crippen molar-refractivity contribution in [2.24, 2.45) is 5.92 Å². The SMILES string of the molecule is CCC(CC)C(Cl)CNC(=O)CS(C)(=O)=O. The van der Waals surface area contributed by atoms with Gasteiger partial charge in [-0.25, -0.2) is 8.42 Å². The molecule has 0 radical (unpaired) electrons. The molecule has 0 aromatic carbocycles. The third-order valence-electron chi connectivity index (χ3n) is 2.45. The summed E-state index contributed by atoms with van der Waals surface area (Å²) in [4.78, 5) is 11.2. The van der Waals surface area contributed by atoms with Crippen LogP contribution in [0.2, 0.25) is 0 Å². The van der Waals surface area contributed by atoms with Crippen LogP contribution < -0.4 is 5.32 Å². The molecule has 0 heterocycles. The van der Waals surface area contributed by atoms with Gasteiger partial charge in [-0.05, 0) is 5.92 Å². The van der Waals surface area contributed by atoms with Crippen LogP contribution in [0.3, 0.4) is 0 Å². The molecule has 96 valence electrons. The topological polar surface area (TPSA) is 63.2 Å². The molecule has 0 aliphatic carbocycles. The number of rotatable bonds is 7. The van der Waals surface area contributed by atoms with Crippen LogP contribution in [-0.2, 0) is 14.6 Å². The minimum atomic E-state index is -3.26. The van der Waals surface area contributed by atoms with Crippen LogP contribution in [0, 0.1) is 5.92 Å². The molecule has 0 aliphatic rings.